The maximum absolute atomic E-state index is 14.3. The molecule has 0 radical (unpaired) electrons. The summed E-state index contributed by atoms with van der Waals surface area (Å²) < 4.78 is 8.53. The highest BCUT2D eigenvalue weighted by molar-refractivity contribution is 5.91. The largest absolute Gasteiger partial charge is 0.365 e. The number of fused-ring (bicyclic) bond motifs is 1. The highest BCUT2D eigenvalue weighted by atomic mass is 16.5. The van der Waals surface area contributed by atoms with Gasteiger partial charge in [0, 0.05) is 38.1 Å². The van der Waals surface area contributed by atoms with Crippen LogP contribution < -0.4 is 5.32 Å². The number of morpholine rings is 1. The molecule has 10 heteroatoms. The lowest BCUT2D eigenvalue weighted by molar-refractivity contribution is -0.163. The smallest absolute Gasteiger partial charge is 0.231 e. The number of amides is 1. The minimum absolute atomic E-state index is 0.0285. The van der Waals surface area contributed by atoms with Gasteiger partial charge in [0.05, 0.1) is 22.2 Å². The molecule has 7 rings (SSSR count). The van der Waals surface area contributed by atoms with Gasteiger partial charge in [-0.05, 0) is 51.4 Å². The molecule has 3 saturated carbocycles. The van der Waals surface area contributed by atoms with E-state index in [0.717, 1.165) is 62.2 Å². The van der Waals surface area contributed by atoms with Crippen molar-refractivity contribution in [3.8, 4) is 11.4 Å². The van der Waals surface area contributed by atoms with Crippen LogP contribution in [0.15, 0.2) is 18.7 Å². The molecular formula is C28H36N8O2. The second-order valence-electron chi connectivity index (χ2n) is 12.8. The number of aromatic nitrogens is 6. The third-order valence-electron chi connectivity index (χ3n) is 9.17. The lowest BCUT2D eigenvalue weighted by atomic mass is 9.75. The predicted octanol–water partition coefficient (Wildman–Crippen LogP) is 3.75. The van der Waals surface area contributed by atoms with Crippen LogP contribution in [0.4, 0.5) is 5.82 Å². The van der Waals surface area contributed by atoms with Crippen LogP contribution in [0.5, 0.6) is 0 Å². The van der Waals surface area contributed by atoms with Crippen molar-refractivity contribution < 1.29 is 9.53 Å². The van der Waals surface area contributed by atoms with Crippen molar-refractivity contribution >= 4 is 22.9 Å². The second kappa shape index (κ2) is 7.71. The fourth-order valence-corrected chi connectivity index (χ4v) is 6.56. The third kappa shape index (κ3) is 3.56. The molecule has 3 aliphatic carbocycles. The topological polar surface area (TPSA) is 111 Å². The maximum Gasteiger partial charge on any atom is 0.231 e. The Hall–Kier alpha value is -3.14. The summed E-state index contributed by atoms with van der Waals surface area (Å²) in [5, 5.41) is 3.64. The van der Waals surface area contributed by atoms with Gasteiger partial charge in [0.2, 0.25) is 5.91 Å². The van der Waals surface area contributed by atoms with Crippen LogP contribution in [0.3, 0.4) is 0 Å². The number of nitrogens with one attached hydrogen (secondary N) is 1. The molecule has 4 heterocycles. The number of hydrogen-bond acceptors (Lipinski definition) is 8. The van der Waals surface area contributed by atoms with Gasteiger partial charge >= 0.3 is 0 Å². The summed E-state index contributed by atoms with van der Waals surface area (Å²) in [5.41, 5.74) is 1.39. The number of carbonyl (C=O) groups is 1. The normalized spacial score (nSPS) is 26.7. The Morgan fingerprint density at radius 3 is 2.32 bits per heavy atom. The van der Waals surface area contributed by atoms with Gasteiger partial charge in [-0.25, -0.2) is 24.9 Å². The van der Waals surface area contributed by atoms with E-state index in [2.05, 4.69) is 62.4 Å². The number of anilines is 1. The van der Waals surface area contributed by atoms with Gasteiger partial charge in [-0.1, -0.05) is 20.8 Å². The summed E-state index contributed by atoms with van der Waals surface area (Å²) in [6, 6.07) is -0.0285. The van der Waals surface area contributed by atoms with Crippen molar-refractivity contribution in [3.63, 3.8) is 0 Å². The lowest BCUT2D eigenvalue weighted by Crippen LogP contribution is -2.56. The average molecular weight is 517 g/mol. The summed E-state index contributed by atoms with van der Waals surface area (Å²) in [5.74, 6) is 2.40. The van der Waals surface area contributed by atoms with Gasteiger partial charge in [0.25, 0.3) is 0 Å². The zero-order valence-electron chi connectivity index (χ0n) is 22.9. The molecule has 4 aliphatic rings. The maximum atomic E-state index is 14.3. The Kier molecular flexibility index (Phi) is 4.86. The Labute approximate surface area is 222 Å². The first-order valence-electron chi connectivity index (χ1n) is 13.9. The van der Waals surface area contributed by atoms with Crippen molar-refractivity contribution in [1.29, 1.82) is 0 Å². The Bertz CT molecular complexity index is 1410. The van der Waals surface area contributed by atoms with E-state index in [1.54, 1.807) is 18.7 Å². The molecule has 2 unspecified atom stereocenters. The second-order valence-corrected chi connectivity index (χ2v) is 12.8. The summed E-state index contributed by atoms with van der Waals surface area (Å²) >= 11 is 0. The van der Waals surface area contributed by atoms with Crippen LogP contribution in [0, 0.1) is 17.8 Å². The predicted molar refractivity (Wildman–Crippen MR) is 142 cm³/mol. The zero-order chi connectivity index (χ0) is 26.5. The molecule has 1 aliphatic heterocycles. The number of hydrogen-bond donors (Lipinski definition) is 1. The molecule has 3 aromatic rings. The molecule has 0 bridgehead atoms. The first-order valence-corrected chi connectivity index (χ1v) is 13.9. The quantitative estimate of drug-likeness (QED) is 0.546. The minimum atomic E-state index is -0.505. The molecule has 1 N–H and O–H groups in total. The Morgan fingerprint density at radius 2 is 1.74 bits per heavy atom. The number of ether oxygens (including phenoxy) is 1. The number of imidazole rings is 1. The van der Waals surface area contributed by atoms with E-state index in [1.165, 1.54) is 0 Å². The first kappa shape index (κ1) is 23.9. The monoisotopic (exact) mass is 516 g/mol. The molecule has 10 nitrogen and oxygen atoms in total. The van der Waals surface area contributed by atoms with Crippen molar-refractivity contribution in [1.82, 2.24) is 34.4 Å². The molecule has 38 heavy (non-hydrogen) atoms. The summed E-state index contributed by atoms with van der Waals surface area (Å²) in [4.78, 5) is 39.3. The van der Waals surface area contributed by atoms with E-state index in [9.17, 15) is 4.79 Å². The molecule has 3 aromatic heterocycles. The number of aryl methyl sites for hydroxylation is 2. The van der Waals surface area contributed by atoms with E-state index in [4.69, 9.17) is 9.72 Å². The fourth-order valence-electron chi connectivity index (χ4n) is 6.56. The molecule has 2 atom stereocenters. The highest BCUT2D eigenvalue weighted by Crippen LogP contribution is 2.62. The highest BCUT2D eigenvalue weighted by Gasteiger charge is 2.70. The van der Waals surface area contributed by atoms with Gasteiger partial charge in [-0.3, -0.25) is 4.79 Å². The van der Waals surface area contributed by atoms with Crippen LogP contribution in [-0.4, -0.2) is 70.6 Å². The Morgan fingerprint density at radius 1 is 1.08 bits per heavy atom. The van der Waals surface area contributed by atoms with Gasteiger partial charge in [-0.15, -0.1) is 0 Å². The average Bonchev–Trinajstić information content (AvgIpc) is 3.83. The zero-order valence-corrected chi connectivity index (χ0v) is 22.9. The molecular weight excluding hydrogens is 480 g/mol. The Balaban J connectivity index is 1.21. The van der Waals surface area contributed by atoms with E-state index in [1.807, 2.05) is 6.92 Å². The van der Waals surface area contributed by atoms with Crippen LogP contribution in [0.25, 0.3) is 22.6 Å². The third-order valence-corrected chi connectivity index (χ3v) is 9.17. The van der Waals surface area contributed by atoms with E-state index in [0.29, 0.717) is 23.7 Å². The van der Waals surface area contributed by atoms with Gasteiger partial charge in [0.1, 0.15) is 18.0 Å². The van der Waals surface area contributed by atoms with E-state index < -0.39 is 5.41 Å². The molecule has 200 valence electrons. The molecule has 0 aromatic carbocycles. The summed E-state index contributed by atoms with van der Waals surface area (Å²) in [7, 11) is 0. The summed E-state index contributed by atoms with van der Waals surface area (Å²) in [6.07, 6.45) is 10.2. The first-order chi connectivity index (χ1) is 18.1. The molecule has 4 fully saturated rings. The van der Waals surface area contributed by atoms with Crippen LogP contribution >= 0.6 is 0 Å². The van der Waals surface area contributed by atoms with Crippen LogP contribution in [0.2, 0.25) is 0 Å². The van der Waals surface area contributed by atoms with Crippen molar-refractivity contribution in [3.05, 3.63) is 24.5 Å². The van der Waals surface area contributed by atoms with Crippen LogP contribution in [0.1, 0.15) is 65.6 Å². The fraction of sp³-hybridized carbons (Fsp3) is 0.643. The van der Waals surface area contributed by atoms with E-state index >= 15 is 0 Å². The molecule has 1 amide bonds. The number of carbonyl (C=O) groups excluding carboxylic acids is 1. The number of nitrogens with zero attached hydrogens (tertiary/aromatic N) is 7. The number of rotatable bonds is 5. The minimum Gasteiger partial charge on any atom is -0.365 e. The van der Waals surface area contributed by atoms with Gasteiger partial charge in [-0.2, -0.15) is 0 Å². The van der Waals surface area contributed by atoms with Crippen molar-refractivity contribution in [2.45, 2.75) is 90.5 Å². The van der Waals surface area contributed by atoms with Crippen LogP contribution in [-0.2, 0) is 16.1 Å². The van der Waals surface area contributed by atoms with Gasteiger partial charge in [0.15, 0.2) is 17.0 Å². The van der Waals surface area contributed by atoms with E-state index in [-0.39, 0.29) is 28.6 Å². The molecule has 2 spiro atoms. The summed E-state index contributed by atoms with van der Waals surface area (Å²) in [6.45, 7) is 12.6. The SMILES string of the molecule is CCn1c(-c2cnc(C)nc2)nc2c(NC3CC3(C(=O)N3CC4(CC4)OC4(CC4)C3)C(C)(C)C)ncnc21. The standard InChI is InChI=1S/C28H36N8O2/c1-6-36-22(18-12-29-17(2)30-13-18)34-20-21(31-16-32-23(20)36)33-19-11-28(19,25(3,4)5)24(37)35-14-26(7-8-26)38-27(15-35)9-10-27/h12-13,16,19H,6-11,14-15H2,1-5H3,(H,31,32,33). The molecule has 1 saturated heterocycles. The lowest BCUT2D eigenvalue weighted by Gasteiger charge is -2.43. The van der Waals surface area contributed by atoms with Crippen molar-refractivity contribution in [2.75, 3.05) is 18.4 Å². The van der Waals surface area contributed by atoms with Gasteiger partial charge < -0.3 is 19.5 Å². The van der Waals surface area contributed by atoms with Crippen molar-refractivity contribution in [2.24, 2.45) is 10.8 Å².